The van der Waals surface area contributed by atoms with Gasteiger partial charge in [0.25, 0.3) is 5.91 Å². The fraction of sp³-hybridized carbons (Fsp3) is 0.273. The fourth-order valence-corrected chi connectivity index (χ4v) is 3.01. The van der Waals surface area contributed by atoms with Crippen LogP contribution in [0.4, 0.5) is 5.69 Å². The van der Waals surface area contributed by atoms with E-state index < -0.39 is 12.1 Å². The van der Waals surface area contributed by atoms with Crippen molar-refractivity contribution in [3.05, 3.63) is 65.9 Å². The molecule has 0 aliphatic heterocycles. The van der Waals surface area contributed by atoms with Crippen molar-refractivity contribution in [3.8, 4) is 0 Å². The molecule has 5 nitrogen and oxygen atoms in total. The molecular weight excluding hydrogens is 340 g/mol. The molecule has 0 radical (unpaired) electrons. The van der Waals surface area contributed by atoms with Gasteiger partial charge in [0.2, 0.25) is 0 Å². The first-order chi connectivity index (χ1) is 13.0. The lowest BCUT2D eigenvalue weighted by Crippen LogP contribution is -2.30. The number of carbonyl (C=O) groups is 2. The number of carbonyl (C=O) groups excluding carboxylic acids is 2. The molecule has 3 aromatic rings. The lowest BCUT2D eigenvalue weighted by molar-refractivity contribution is -0.123. The van der Waals surface area contributed by atoms with Crippen LogP contribution in [-0.2, 0) is 9.53 Å². The Kier molecular flexibility index (Phi) is 5.60. The minimum atomic E-state index is -0.906. The summed E-state index contributed by atoms with van der Waals surface area (Å²) in [5.41, 5.74) is 3.10. The van der Waals surface area contributed by atoms with E-state index in [-0.39, 0.29) is 5.91 Å². The third kappa shape index (κ3) is 4.03. The first-order valence-electron chi connectivity index (χ1n) is 9.18. The normalized spacial score (nSPS) is 13.1. The van der Waals surface area contributed by atoms with Crippen molar-refractivity contribution < 1.29 is 14.3 Å². The van der Waals surface area contributed by atoms with Gasteiger partial charge in [-0.1, -0.05) is 50.2 Å². The van der Waals surface area contributed by atoms with Crippen LogP contribution in [-0.4, -0.2) is 23.0 Å². The Morgan fingerprint density at radius 2 is 1.78 bits per heavy atom. The highest BCUT2D eigenvalue weighted by Crippen LogP contribution is 2.27. The summed E-state index contributed by atoms with van der Waals surface area (Å²) < 4.78 is 5.39. The van der Waals surface area contributed by atoms with E-state index in [0.717, 1.165) is 28.6 Å². The zero-order chi connectivity index (χ0) is 19.4. The van der Waals surface area contributed by atoms with Crippen molar-refractivity contribution in [2.24, 2.45) is 0 Å². The number of esters is 1. The number of H-pyrrole nitrogens is 1. The highest BCUT2D eigenvalue weighted by Gasteiger charge is 2.22. The average molecular weight is 364 g/mol. The smallest absolute Gasteiger partial charge is 0.341 e. The third-order valence-electron chi connectivity index (χ3n) is 4.82. The summed E-state index contributed by atoms with van der Waals surface area (Å²) in [5, 5.41) is 3.66. The van der Waals surface area contributed by atoms with Gasteiger partial charge in [0.1, 0.15) is 0 Å². The molecule has 0 saturated heterocycles. The van der Waals surface area contributed by atoms with E-state index in [1.807, 2.05) is 48.5 Å². The van der Waals surface area contributed by atoms with Gasteiger partial charge in [0.15, 0.2) is 6.10 Å². The number of anilines is 1. The molecule has 0 fully saturated rings. The van der Waals surface area contributed by atoms with E-state index in [1.54, 1.807) is 13.1 Å². The molecule has 0 bridgehead atoms. The lowest BCUT2D eigenvalue weighted by atomic mass is 9.97. The highest BCUT2D eigenvalue weighted by molar-refractivity contribution is 6.05. The number of nitrogens with one attached hydrogen (secondary N) is 2. The number of fused-ring (bicyclic) bond motifs is 1. The number of amides is 1. The van der Waals surface area contributed by atoms with Gasteiger partial charge in [-0.3, -0.25) is 4.79 Å². The Labute approximate surface area is 158 Å². The van der Waals surface area contributed by atoms with Gasteiger partial charge in [0.05, 0.1) is 5.56 Å². The molecule has 1 amide bonds. The average Bonchev–Trinajstić information content (AvgIpc) is 3.12. The number of aromatic nitrogens is 1. The van der Waals surface area contributed by atoms with Gasteiger partial charge >= 0.3 is 5.97 Å². The molecule has 1 aromatic heterocycles. The van der Waals surface area contributed by atoms with Crippen molar-refractivity contribution in [2.45, 2.75) is 39.2 Å². The molecule has 2 atom stereocenters. The summed E-state index contributed by atoms with van der Waals surface area (Å²) in [6, 6.07) is 15.2. The molecule has 0 aliphatic carbocycles. The maximum Gasteiger partial charge on any atom is 0.341 e. The number of hydrogen-bond acceptors (Lipinski definition) is 3. The van der Waals surface area contributed by atoms with Crippen molar-refractivity contribution in [1.82, 2.24) is 4.98 Å². The minimum Gasteiger partial charge on any atom is -0.449 e. The van der Waals surface area contributed by atoms with Crippen molar-refractivity contribution in [2.75, 3.05) is 5.32 Å². The standard InChI is InChI=1S/C22H24N2O3/c1-4-14(2)16-9-5-8-12-20(16)24-21(25)15(3)27-22(26)18-13-23-19-11-7-6-10-17(18)19/h5-15,23H,4H2,1-3H3,(H,24,25)/t14-,15-/m0/s1. The van der Waals surface area contributed by atoms with Gasteiger partial charge in [-0.25, -0.2) is 4.79 Å². The van der Waals surface area contributed by atoms with Crippen LogP contribution in [0.15, 0.2) is 54.7 Å². The second kappa shape index (κ2) is 8.08. The van der Waals surface area contributed by atoms with Crippen molar-refractivity contribution in [1.29, 1.82) is 0 Å². The highest BCUT2D eigenvalue weighted by atomic mass is 16.5. The van der Waals surface area contributed by atoms with Crippen LogP contribution in [0.3, 0.4) is 0 Å². The first kappa shape index (κ1) is 18.7. The Hall–Kier alpha value is -3.08. The van der Waals surface area contributed by atoms with Crippen molar-refractivity contribution in [3.63, 3.8) is 0 Å². The molecule has 2 N–H and O–H groups in total. The Balaban J connectivity index is 1.70. The molecule has 0 unspecified atom stereocenters. The number of hydrogen-bond donors (Lipinski definition) is 2. The summed E-state index contributed by atoms with van der Waals surface area (Å²) in [6.07, 6.45) is 1.67. The second-order valence-corrected chi connectivity index (χ2v) is 6.68. The van der Waals surface area contributed by atoms with Crippen LogP contribution in [0.25, 0.3) is 10.9 Å². The predicted molar refractivity (Wildman–Crippen MR) is 107 cm³/mol. The molecule has 0 spiro atoms. The third-order valence-corrected chi connectivity index (χ3v) is 4.82. The number of benzene rings is 2. The minimum absolute atomic E-state index is 0.325. The van der Waals surface area contributed by atoms with Crippen LogP contribution in [0.2, 0.25) is 0 Å². The van der Waals surface area contributed by atoms with E-state index in [4.69, 9.17) is 4.74 Å². The lowest BCUT2D eigenvalue weighted by Gasteiger charge is -2.18. The fourth-order valence-electron chi connectivity index (χ4n) is 3.01. The van der Waals surface area contributed by atoms with E-state index in [9.17, 15) is 9.59 Å². The van der Waals surface area contributed by atoms with Crippen LogP contribution in [0.5, 0.6) is 0 Å². The summed E-state index contributed by atoms with van der Waals surface area (Å²) in [5.74, 6) is -0.546. The van der Waals surface area contributed by atoms with Gasteiger partial charge in [-0.15, -0.1) is 0 Å². The second-order valence-electron chi connectivity index (χ2n) is 6.68. The van der Waals surface area contributed by atoms with Crippen LogP contribution >= 0.6 is 0 Å². The van der Waals surface area contributed by atoms with Gasteiger partial charge in [-0.2, -0.15) is 0 Å². The summed E-state index contributed by atoms with van der Waals surface area (Å²) in [7, 11) is 0. The van der Waals surface area contributed by atoms with E-state index in [2.05, 4.69) is 24.1 Å². The van der Waals surface area contributed by atoms with E-state index in [0.29, 0.717) is 11.5 Å². The number of aromatic amines is 1. The maximum absolute atomic E-state index is 12.5. The largest absolute Gasteiger partial charge is 0.449 e. The van der Waals surface area contributed by atoms with E-state index in [1.165, 1.54) is 0 Å². The molecule has 27 heavy (non-hydrogen) atoms. The zero-order valence-corrected chi connectivity index (χ0v) is 15.8. The van der Waals surface area contributed by atoms with Crippen LogP contribution in [0.1, 0.15) is 49.0 Å². The molecule has 2 aromatic carbocycles. The number of rotatable bonds is 6. The Bertz CT molecular complexity index is 961. The molecular formula is C22H24N2O3. The van der Waals surface area contributed by atoms with Crippen molar-refractivity contribution >= 4 is 28.5 Å². The Morgan fingerprint density at radius 1 is 1.07 bits per heavy atom. The topological polar surface area (TPSA) is 71.2 Å². The van der Waals surface area contributed by atoms with Gasteiger partial charge in [-0.05, 0) is 37.0 Å². The molecule has 0 saturated carbocycles. The number of ether oxygens (including phenoxy) is 1. The molecule has 5 heteroatoms. The van der Waals surface area contributed by atoms with E-state index >= 15 is 0 Å². The first-order valence-corrected chi connectivity index (χ1v) is 9.18. The molecule has 3 rings (SSSR count). The monoisotopic (exact) mass is 364 g/mol. The summed E-state index contributed by atoms with van der Waals surface area (Å²) in [6.45, 7) is 5.80. The molecule has 0 aliphatic rings. The van der Waals surface area contributed by atoms with Gasteiger partial charge in [0, 0.05) is 22.8 Å². The predicted octanol–water partition coefficient (Wildman–Crippen LogP) is 4.87. The van der Waals surface area contributed by atoms with Gasteiger partial charge < -0.3 is 15.0 Å². The quantitative estimate of drug-likeness (QED) is 0.613. The van der Waals surface area contributed by atoms with Crippen LogP contribution < -0.4 is 5.32 Å². The summed E-state index contributed by atoms with van der Waals surface area (Å²) >= 11 is 0. The molecule has 140 valence electrons. The summed E-state index contributed by atoms with van der Waals surface area (Å²) in [4.78, 5) is 28.1. The van der Waals surface area contributed by atoms with Crippen LogP contribution in [0, 0.1) is 0 Å². The Morgan fingerprint density at radius 3 is 2.56 bits per heavy atom. The maximum atomic E-state index is 12.5. The zero-order valence-electron chi connectivity index (χ0n) is 15.8. The molecule has 1 heterocycles. The SMILES string of the molecule is CC[C@H](C)c1ccccc1NC(=O)[C@H](C)OC(=O)c1c[nH]c2ccccc12. The number of para-hydroxylation sites is 2.